The van der Waals surface area contributed by atoms with Gasteiger partial charge in [0, 0.05) is 30.9 Å². The fraction of sp³-hybridized carbons (Fsp3) is 0.467. The van der Waals surface area contributed by atoms with Crippen LogP contribution in [0.1, 0.15) is 30.3 Å². The molecule has 1 N–H and O–H groups in total. The maximum Gasteiger partial charge on any atom is 0.150 e. The molecular formula is C15H20N6. The highest BCUT2D eigenvalue weighted by atomic mass is 15.1. The van der Waals surface area contributed by atoms with E-state index in [2.05, 4.69) is 37.2 Å². The SMILES string of the molecule is Cc1nc(Nc2cnccn2)cc(C2CCCN(C)C2)n1. The average Bonchev–Trinajstić information content (AvgIpc) is 2.48. The molecule has 1 unspecified atom stereocenters. The molecule has 1 saturated heterocycles. The molecule has 2 aromatic heterocycles. The molecule has 0 spiro atoms. The molecular weight excluding hydrogens is 264 g/mol. The Bertz CT molecular complexity index is 600. The summed E-state index contributed by atoms with van der Waals surface area (Å²) in [6.45, 7) is 4.16. The summed E-state index contributed by atoms with van der Waals surface area (Å²) >= 11 is 0. The maximum atomic E-state index is 4.62. The Labute approximate surface area is 124 Å². The maximum absolute atomic E-state index is 4.62. The van der Waals surface area contributed by atoms with Crippen molar-refractivity contribution in [3.05, 3.63) is 36.2 Å². The molecule has 6 heteroatoms. The summed E-state index contributed by atoms with van der Waals surface area (Å²) in [5.74, 6) is 2.74. The van der Waals surface area contributed by atoms with Gasteiger partial charge in [0.15, 0.2) is 0 Å². The summed E-state index contributed by atoms with van der Waals surface area (Å²) in [5.41, 5.74) is 1.11. The van der Waals surface area contributed by atoms with Gasteiger partial charge in [-0.15, -0.1) is 0 Å². The number of piperidine rings is 1. The van der Waals surface area contributed by atoms with Crippen LogP contribution >= 0.6 is 0 Å². The van der Waals surface area contributed by atoms with Gasteiger partial charge in [0.25, 0.3) is 0 Å². The molecule has 1 aliphatic heterocycles. The number of likely N-dealkylation sites (tertiary alicyclic amines) is 1. The van der Waals surface area contributed by atoms with Crippen molar-refractivity contribution in [2.75, 3.05) is 25.5 Å². The molecule has 0 aromatic carbocycles. The number of rotatable bonds is 3. The first-order valence-electron chi connectivity index (χ1n) is 7.28. The molecule has 0 radical (unpaired) electrons. The summed E-state index contributed by atoms with van der Waals surface area (Å²) < 4.78 is 0. The van der Waals surface area contributed by atoms with E-state index in [-0.39, 0.29) is 0 Å². The third kappa shape index (κ3) is 3.52. The standard InChI is InChI=1S/C15H20N6/c1-11-18-13(12-4-3-7-21(2)10-12)8-14(19-11)20-15-9-16-5-6-17-15/h5-6,8-9,12H,3-4,7,10H2,1-2H3,(H,17,18,19,20). The number of hydrogen-bond donors (Lipinski definition) is 1. The minimum Gasteiger partial charge on any atom is -0.324 e. The second-order valence-electron chi connectivity index (χ2n) is 5.54. The normalized spacial score (nSPS) is 19.4. The van der Waals surface area contributed by atoms with Crippen LogP contribution in [-0.2, 0) is 0 Å². The Hall–Kier alpha value is -2.08. The quantitative estimate of drug-likeness (QED) is 0.931. The lowest BCUT2D eigenvalue weighted by atomic mass is 9.95. The van der Waals surface area contributed by atoms with Crippen molar-refractivity contribution in [3.63, 3.8) is 0 Å². The zero-order chi connectivity index (χ0) is 14.7. The lowest BCUT2D eigenvalue weighted by Gasteiger charge is -2.29. The highest BCUT2D eigenvalue weighted by Gasteiger charge is 2.21. The van der Waals surface area contributed by atoms with Gasteiger partial charge in [0.05, 0.1) is 11.9 Å². The first-order chi connectivity index (χ1) is 10.2. The van der Waals surface area contributed by atoms with Crippen molar-refractivity contribution in [2.24, 2.45) is 0 Å². The number of nitrogens with zero attached hydrogens (tertiary/aromatic N) is 5. The van der Waals surface area contributed by atoms with E-state index in [1.807, 2.05) is 13.0 Å². The molecule has 6 nitrogen and oxygen atoms in total. The minimum atomic E-state index is 0.479. The summed E-state index contributed by atoms with van der Waals surface area (Å²) in [6.07, 6.45) is 7.40. The first-order valence-corrected chi connectivity index (χ1v) is 7.28. The van der Waals surface area contributed by atoms with Gasteiger partial charge in [-0.2, -0.15) is 0 Å². The van der Waals surface area contributed by atoms with Crippen molar-refractivity contribution in [3.8, 4) is 0 Å². The van der Waals surface area contributed by atoms with Crippen LogP contribution in [-0.4, -0.2) is 45.0 Å². The molecule has 1 aliphatic rings. The molecule has 1 fully saturated rings. The van der Waals surface area contributed by atoms with Gasteiger partial charge >= 0.3 is 0 Å². The second kappa shape index (κ2) is 6.13. The summed E-state index contributed by atoms with van der Waals surface area (Å²) in [5, 5.41) is 3.20. The van der Waals surface area contributed by atoms with Gasteiger partial charge in [-0.25, -0.2) is 15.0 Å². The predicted octanol–water partition coefficient (Wildman–Crippen LogP) is 2.13. The first kappa shape index (κ1) is 13.9. The average molecular weight is 284 g/mol. The molecule has 2 aromatic rings. The molecule has 3 heterocycles. The van der Waals surface area contributed by atoms with Gasteiger partial charge in [-0.1, -0.05) is 0 Å². The summed E-state index contributed by atoms with van der Waals surface area (Å²) in [7, 11) is 2.17. The molecule has 0 aliphatic carbocycles. The number of anilines is 2. The van der Waals surface area contributed by atoms with Gasteiger partial charge in [-0.05, 0) is 33.4 Å². The number of hydrogen-bond acceptors (Lipinski definition) is 6. The van der Waals surface area contributed by atoms with Gasteiger partial charge in [0.1, 0.15) is 17.5 Å². The highest BCUT2D eigenvalue weighted by molar-refractivity contribution is 5.50. The Balaban J connectivity index is 1.82. The van der Waals surface area contributed by atoms with Crippen LogP contribution < -0.4 is 5.32 Å². The third-order valence-corrected chi connectivity index (χ3v) is 3.72. The molecule has 3 rings (SSSR count). The van der Waals surface area contributed by atoms with Crippen LogP contribution in [0.5, 0.6) is 0 Å². The Morgan fingerprint density at radius 3 is 2.90 bits per heavy atom. The monoisotopic (exact) mass is 284 g/mol. The van der Waals surface area contributed by atoms with Crippen LogP contribution in [0.2, 0.25) is 0 Å². The van der Waals surface area contributed by atoms with E-state index in [1.54, 1.807) is 18.6 Å². The van der Waals surface area contributed by atoms with E-state index < -0.39 is 0 Å². The minimum absolute atomic E-state index is 0.479. The van der Waals surface area contributed by atoms with Crippen LogP contribution in [0.3, 0.4) is 0 Å². The molecule has 0 saturated carbocycles. The fourth-order valence-electron chi connectivity index (χ4n) is 2.77. The van der Waals surface area contributed by atoms with E-state index in [9.17, 15) is 0 Å². The molecule has 21 heavy (non-hydrogen) atoms. The lowest BCUT2D eigenvalue weighted by molar-refractivity contribution is 0.248. The van der Waals surface area contributed by atoms with Crippen LogP contribution in [0.4, 0.5) is 11.6 Å². The molecule has 0 amide bonds. The lowest BCUT2D eigenvalue weighted by Crippen LogP contribution is -2.31. The van der Waals surface area contributed by atoms with Crippen molar-refractivity contribution in [2.45, 2.75) is 25.7 Å². The molecule has 1 atom stereocenters. The van der Waals surface area contributed by atoms with E-state index in [4.69, 9.17) is 0 Å². The zero-order valence-corrected chi connectivity index (χ0v) is 12.5. The van der Waals surface area contributed by atoms with Crippen molar-refractivity contribution in [1.82, 2.24) is 24.8 Å². The number of nitrogens with one attached hydrogen (secondary N) is 1. The number of aromatic nitrogens is 4. The largest absolute Gasteiger partial charge is 0.324 e. The van der Waals surface area contributed by atoms with Crippen molar-refractivity contribution < 1.29 is 0 Å². The second-order valence-corrected chi connectivity index (χ2v) is 5.54. The van der Waals surface area contributed by atoms with Crippen LogP contribution in [0.15, 0.2) is 24.7 Å². The van der Waals surface area contributed by atoms with Gasteiger partial charge in [-0.3, -0.25) is 4.98 Å². The zero-order valence-electron chi connectivity index (χ0n) is 12.5. The summed E-state index contributed by atoms with van der Waals surface area (Å²) in [4.78, 5) is 19.7. The van der Waals surface area contributed by atoms with Crippen molar-refractivity contribution >= 4 is 11.6 Å². The van der Waals surface area contributed by atoms with E-state index in [1.165, 1.54) is 19.4 Å². The Morgan fingerprint density at radius 2 is 2.14 bits per heavy atom. The van der Waals surface area contributed by atoms with E-state index >= 15 is 0 Å². The Kier molecular flexibility index (Phi) is 4.06. The topological polar surface area (TPSA) is 66.8 Å². The van der Waals surface area contributed by atoms with E-state index in [0.29, 0.717) is 11.7 Å². The number of likely N-dealkylation sites (N-methyl/N-ethyl adjacent to an activating group) is 1. The van der Waals surface area contributed by atoms with Gasteiger partial charge < -0.3 is 10.2 Å². The highest BCUT2D eigenvalue weighted by Crippen LogP contribution is 2.26. The number of aryl methyl sites for hydroxylation is 1. The van der Waals surface area contributed by atoms with E-state index in [0.717, 1.165) is 23.9 Å². The molecule has 0 bridgehead atoms. The van der Waals surface area contributed by atoms with Gasteiger partial charge in [0.2, 0.25) is 0 Å². The fourth-order valence-corrected chi connectivity index (χ4v) is 2.77. The molecule has 110 valence electrons. The Morgan fingerprint density at radius 1 is 1.24 bits per heavy atom. The third-order valence-electron chi connectivity index (χ3n) is 3.72. The van der Waals surface area contributed by atoms with Crippen LogP contribution in [0, 0.1) is 6.92 Å². The smallest absolute Gasteiger partial charge is 0.150 e. The van der Waals surface area contributed by atoms with Crippen LogP contribution in [0.25, 0.3) is 0 Å². The predicted molar refractivity (Wildman–Crippen MR) is 81.6 cm³/mol. The van der Waals surface area contributed by atoms with Crippen molar-refractivity contribution in [1.29, 1.82) is 0 Å². The summed E-state index contributed by atoms with van der Waals surface area (Å²) in [6, 6.07) is 2.03.